The summed E-state index contributed by atoms with van der Waals surface area (Å²) in [6.45, 7) is 8.91. The maximum absolute atomic E-state index is 4.46. The van der Waals surface area contributed by atoms with Crippen molar-refractivity contribution in [2.45, 2.75) is 13.1 Å². The molecule has 3 nitrogen and oxygen atoms in total. The molecule has 120 valence electrons. The van der Waals surface area contributed by atoms with E-state index in [1.54, 1.807) is 0 Å². The normalized spacial score (nSPS) is 9.25. The molecule has 0 spiro atoms. The number of allylic oxidation sites excluding steroid dienone is 2. The van der Waals surface area contributed by atoms with Gasteiger partial charge in [0, 0.05) is 0 Å². The fourth-order valence-electron chi connectivity index (χ4n) is 1.64. The molecule has 20 heavy (non-hydrogen) atoms. The molecule has 0 N–H and O–H groups in total. The standard InChI is InChI=1S/C12H14N3.3BrH.2Cu/c1-3-9-14-11-7-5-6-8-12(11)15(13-14)10-4-2;;;;;/h3-8H,1-2,9-10H2;3*1H;;/q+1;;;;2*+1/p-3. The Labute approximate surface area is 154 Å². The van der Waals surface area contributed by atoms with Crippen LogP contribution in [0, 0.1) is 0 Å². The van der Waals surface area contributed by atoms with Crippen LogP contribution in [0.5, 0.6) is 0 Å². The molecule has 1 aromatic heterocycles. The summed E-state index contributed by atoms with van der Waals surface area (Å²) >= 11 is 13.9. The quantitative estimate of drug-likeness (QED) is 0.308. The van der Waals surface area contributed by atoms with Crippen LogP contribution >= 0.6 is 42.3 Å². The van der Waals surface area contributed by atoms with Crippen molar-refractivity contribution in [2.75, 3.05) is 0 Å². The van der Waals surface area contributed by atoms with Gasteiger partial charge in [0.15, 0.2) is 11.0 Å². The van der Waals surface area contributed by atoms with Gasteiger partial charge in [-0.15, -0.1) is 9.36 Å². The van der Waals surface area contributed by atoms with E-state index in [-0.39, 0.29) is 0 Å². The number of hydrogen-bond acceptors (Lipinski definition) is 1. The van der Waals surface area contributed by atoms with Gasteiger partial charge in [-0.1, -0.05) is 25.3 Å². The third-order valence-electron chi connectivity index (χ3n) is 2.26. The van der Waals surface area contributed by atoms with Gasteiger partial charge in [-0.05, 0) is 24.3 Å². The number of hydrogen-bond donors (Lipinski definition) is 0. The average Bonchev–Trinajstić information content (AvgIpc) is 2.82. The molecule has 0 saturated carbocycles. The number of rotatable bonds is 4. The first kappa shape index (κ1) is 20.6. The summed E-state index contributed by atoms with van der Waals surface area (Å²) in [5.41, 5.74) is 2.25. The number of para-hydroxylation sites is 2. The fourth-order valence-corrected chi connectivity index (χ4v) is 1.64. The van der Waals surface area contributed by atoms with E-state index in [4.69, 9.17) is 0 Å². The Kier molecular flexibility index (Phi) is 13.6. The Bertz CT molecular complexity index is 488. The molecule has 0 bridgehead atoms. The molecule has 0 aliphatic carbocycles. The van der Waals surface area contributed by atoms with Crippen LogP contribution in [-0.2, 0) is 38.6 Å². The maximum atomic E-state index is 4.46. The molecule has 0 atom stereocenters. The number of fused-ring (bicyclic) bond motifs is 1. The third kappa shape index (κ3) is 6.56. The van der Waals surface area contributed by atoms with Crippen molar-refractivity contribution in [1.29, 1.82) is 0 Å². The number of halogens is 3. The van der Waals surface area contributed by atoms with Crippen LogP contribution in [0.25, 0.3) is 11.0 Å². The van der Waals surface area contributed by atoms with Gasteiger partial charge in [-0.3, -0.25) is 0 Å². The molecular weight excluding hydrogens is 553 g/mol. The van der Waals surface area contributed by atoms with Crippen molar-refractivity contribution >= 4 is 53.4 Å². The van der Waals surface area contributed by atoms with Gasteiger partial charge in [0.1, 0.15) is 13.1 Å². The van der Waals surface area contributed by atoms with Crippen LogP contribution in [0.4, 0.5) is 0 Å². The van der Waals surface area contributed by atoms with E-state index in [2.05, 4.69) is 87.0 Å². The molecule has 2 rings (SSSR count). The first-order valence-corrected chi connectivity index (χ1v) is 12.3. The van der Waals surface area contributed by atoms with E-state index in [0.717, 1.165) is 24.1 Å². The Morgan fingerprint density at radius 1 is 1.25 bits per heavy atom. The van der Waals surface area contributed by atoms with Crippen molar-refractivity contribution < 1.29 is 30.2 Å². The first-order valence-electron chi connectivity index (χ1n) is 5.28. The molecule has 8 heteroatoms. The van der Waals surface area contributed by atoms with E-state index in [1.807, 2.05) is 33.6 Å². The summed E-state index contributed by atoms with van der Waals surface area (Å²) < 4.78 is 3.87. The van der Waals surface area contributed by atoms with E-state index in [9.17, 15) is 0 Å². The summed E-state index contributed by atoms with van der Waals surface area (Å²) in [7, 11) is 0. The molecule has 0 amide bonds. The second-order valence-electron chi connectivity index (χ2n) is 3.36. The Morgan fingerprint density at radius 3 is 2.40 bits per heavy atom. The Hall–Kier alpha value is 0.579. The van der Waals surface area contributed by atoms with Crippen LogP contribution in [0.15, 0.2) is 49.6 Å². The predicted molar refractivity (Wildman–Crippen MR) is 87.1 cm³/mol. The van der Waals surface area contributed by atoms with E-state index in [0.29, 0.717) is 0 Å². The van der Waals surface area contributed by atoms with Gasteiger partial charge in [0.25, 0.3) is 0 Å². The zero-order valence-electron chi connectivity index (χ0n) is 10.4. The van der Waals surface area contributed by atoms with Crippen molar-refractivity contribution in [3.05, 3.63) is 49.6 Å². The summed E-state index contributed by atoms with van der Waals surface area (Å²) in [4.78, 5) is 0. The van der Waals surface area contributed by atoms with Gasteiger partial charge in [0.2, 0.25) is 0 Å². The van der Waals surface area contributed by atoms with Crippen LogP contribution in [-0.4, -0.2) is 9.90 Å². The van der Waals surface area contributed by atoms with Crippen LogP contribution < -0.4 is 4.68 Å². The molecule has 0 aliphatic heterocycles. The van der Waals surface area contributed by atoms with Crippen LogP contribution in [0.1, 0.15) is 0 Å². The number of benzene rings is 1. The minimum absolute atomic E-state index is 0.727. The van der Waals surface area contributed by atoms with Crippen molar-refractivity contribution in [3.63, 3.8) is 0 Å². The topological polar surface area (TPSA) is 21.7 Å². The summed E-state index contributed by atoms with van der Waals surface area (Å²) in [5, 5.41) is 4.46. The molecular formula is C12H14Br3Cu2N3. The van der Waals surface area contributed by atoms with Gasteiger partial charge in [-0.2, -0.15) is 0 Å². The average molecular weight is 567 g/mol. The summed E-state index contributed by atoms with van der Waals surface area (Å²) in [6, 6.07) is 8.15. The molecule has 2 aromatic rings. The monoisotopic (exact) mass is 563 g/mol. The Morgan fingerprint density at radius 2 is 1.85 bits per heavy atom. The molecule has 1 aromatic carbocycles. The van der Waals surface area contributed by atoms with Gasteiger partial charge in [-0.25, -0.2) is 0 Å². The summed E-state index contributed by atoms with van der Waals surface area (Å²) in [6.07, 6.45) is 3.69. The van der Waals surface area contributed by atoms with E-state index < -0.39 is 0 Å². The predicted octanol–water partition coefficient (Wildman–Crippen LogP) is 4.23. The molecule has 0 radical (unpaired) electrons. The Balaban J connectivity index is 0.000000641. The molecule has 1 heterocycles. The van der Waals surface area contributed by atoms with Gasteiger partial charge < -0.3 is 0 Å². The zero-order valence-corrected chi connectivity index (χ0v) is 17.0. The second kappa shape index (κ2) is 13.3. The van der Waals surface area contributed by atoms with Crippen molar-refractivity contribution in [2.24, 2.45) is 0 Å². The summed E-state index contributed by atoms with van der Waals surface area (Å²) in [5.74, 6) is 0. The molecule has 0 aliphatic rings. The number of aromatic nitrogens is 3. The van der Waals surface area contributed by atoms with Crippen LogP contribution in [0.2, 0.25) is 0 Å². The fraction of sp³-hybridized carbons (Fsp3) is 0.167. The van der Waals surface area contributed by atoms with E-state index in [1.165, 1.54) is 11.3 Å². The second-order valence-corrected chi connectivity index (χ2v) is 8.11. The van der Waals surface area contributed by atoms with Gasteiger partial charge >= 0.3 is 67.9 Å². The van der Waals surface area contributed by atoms with Gasteiger partial charge in [0.05, 0.1) is 5.21 Å². The first-order chi connectivity index (χ1) is 9.78. The number of nitrogens with zero attached hydrogens (tertiary/aromatic N) is 3. The molecule has 0 fully saturated rings. The SMILES string of the molecule is C=CCn1n[n+](CC=C)c2ccccc21.[Br][Cu-][Br].[Cu][Br]. The molecule has 0 saturated heterocycles. The van der Waals surface area contributed by atoms with E-state index >= 15 is 0 Å². The van der Waals surface area contributed by atoms with Crippen molar-refractivity contribution in [1.82, 2.24) is 9.90 Å². The third-order valence-corrected chi connectivity index (χ3v) is 2.26. The minimum atomic E-state index is 0.727. The van der Waals surface area contributed by atoms with Crippen molar-refractivity contribution in [3.8, 4) is 0 Å². The molecule has 0 unspecified atom stereocenters. The van der Waals surface area contributed by atoms with Crippen LogP contribution in [0.3, 0.4) is 0 Å². The zero-order chi connectivity index (χ0) is 15.4.